The summed E-state index contributed by atoms with van der Waals surface area (Å²) < 4.78 is 0. The minimum atomic E-state index is 0.808. The minimum absolute atomic E-state index is 0.808. The average Bonchev–Trinajstić information content (AvgIpc) is 2.31. The summed E-state index contributed by atoms with van der Waals surface area (Å²) in [6, 6.07) is 10.8. The molecule has 1 nitrogen and oxygen atoms in total. The van der Waals surface area contributed by atoms with Crippen molar-refractivity contribution in [3.63, 3.8) is 0 Å². The van der Waals surface area contributed by atoms with Gasteiger partial charge in [-0.2, -0.15) is 0 Å². The molecule has 1 aliphatic heterocycles. The van der Waals surface area contributed by atoms with Crippen molar-refractivity contribution < 1.29 is 0 Å². The van der Waals surface area contributed by atoms with Crippen LogP contribution in [0, 0.1) is 12.3 Å². The minimum Gasteiger partial charge on any atom is -0.299 e. The Morgan fingerprint density at radius 1 is 1.27 bits per heavy atom. The Morgan fingerprint density at radius 2 is 2.07 bits per heavy atom. The van der Waals surface area contributed by atoms with Crippen LogP contribution >= 0.6 is 0 Å². The molecule has 0 bridgehead atoms. The summed E-state index contributed by atoms with van der Waals surface area (Å²) in [5, 5.41) is 0. The van der Waals surface area contributed by atoms with Gasteiger partial charge in [-0.25, -0.2) is 0 Å². The first-order valence-corrected chi connectivity index (χ1v) is 5.98. The Labute approximate surface area is 93.1 Å². The van der Waals surface area contributed by atoms with E-state index < -0.39 is 0 Å². The molecule has 1 aromatic carbocycles. The summed E-state index contributed by atoms with van der Waals surface area (Å²) in [4.78, 5) is 2.57. The van der Waals surface area contributed by atoms with Crippen LogP contribution in [-0.4, -0.2) is 18.0 Å². The van der Waals surface area contributed by atoms with Crippen molar-refractivity contribution in [2.45, 2.75) is 26.3 Å². The standard InChI is InChI=1S/C14H20N/c1-2-13-9-6-10-15(11-13)12-14-7-4-3-5-8-14/h3-5,7-9,13H,2,6,10-12H2,1H3. The number of rotatable bonds is 3. The first kappa shape index (κ1) is 10.7. The molecule has 1 heterocycles. The zero-order chi connectivity index (χ0) is 10.5. The van der Waals surface area contributed by atoms with E-state index in [0.29, 0.717) is 0 Å². The van der Waals surface area contributed by atoms with E-state index in [1.54, 1.807) is 0 Å². The van der Waals surface area contributed by atoms with E-state index >= 15 is 0 Å². The third kappa shape index (κ3) is 3.07. The van der Waals surface area contributed by atoms with Crippen molar-refractivity contribution in [2.75, 3.05) is 13.1 Å². The predicted molar refractivity (Wildman–Crippen MR) is 64.4 cm³/mol. The zero-order valence-electron chi connectivity index (χ0n) is 9.52. The maximum absolute atomic E-state index is 2.57. The van der Waals surface area contributed by atoms with Gasteiger partial charge in [-0.05, 0) is 30.9 Å². The third-order valence-corrected chi connectivity index (χ3v) is 3.21. The first-order chi connectivity index (χ1) is 7.38. The van der Waals surface area contributed by atoms with Gasteiger partial charge in [0.1, 0.15) is 0 Å². The van der Waals surface area contributed by atoms with Gasteiger partial charge in [0.2, 0.25) is 0 Å². The maximum atomic E-state index is 2.57. The van der Waals surface area contributed by atoms with Crippen LogP contribution in [0.25, 0.3) is 0 Å². The van der Waals surface area contributed by atoms with E-state index in [2.05, 4.69) is 48.6 Å². The fourth-order valence-corrected chi connectivity index (χ4v) is 2.27. The number of hydrogen-bond acceptors (Lipinski definition) is 1. The van der Waals surface area contributed by atoms with Crippen molar-refractivity contribution in [3.05, 3.63) is 42.3 Å². The molecule has 1 atom stereocenters. The Bertz CT molecular complexity index is 281. The Hall–Kier alpha value is -0.820. The predicted octanol–water partition coefficient (Wildman–Crippen LogP) is 3.12. The Kier molecular flexibility index (Phi) is 3.79. The molecule has 1 saturated heterocycles. The third-order valence-electron chi connectivity index (χ3n) is 3.21. The van der Waals surface area contributed by atoms with Crippen molar-refractivity contribution in [1.29, 1.82) is 0 Å². The van der Waals surface area contributed by atoms with Gasteiger partial charge in [-0.3, -0.25) is 4.90 Å². The number of nitrogens with zero attached hydrogens (tertiary/aromatic N) is 1. The lowest BCUT2D eigenvalue weighted by Crippen LogP contribution is -2.34. The van der Waals surface area contributed by atoms with Gasteiger partial charge in [0.05, 0.1) is 0 Å². The fourth-order valence-electron chi connectivity index (χ4n) is 2.27. The molecule has 81 valence electrons. The molecule has 0 amide bonds. The molecule has 0 spiro atoms. The molecular weight excluding hydrogens is 182 g/mol. The lowest BCUT2D eigenvalue weighted by Gasteiger charge is -2.32. The molecule has 1 fully saturated rings. The van der Waals surface area contributed by atoms with Gasteiger partial charge in [0, 0.05) is 13.1 Å². The lowest BCUT2D eigenvalue weighted by atomic mass is 9.95. The van der Waals surface area contributed by atoms with Gasteiger partial charge >= 0.3 is 0 Å². The van der Waals surface area contributed by atoms with Crippen LogP contribution < -0.4 is 0 Å². The first-order valence-electron chi connectivity index (χ1n) is 5.98. The number of benzene rings is 1. The summed E-state index contributed by atoms with van der Waals surface area (Å²) in [5.41, 5.74) is 1.44. The molecule has 1 radical (unpaired) electrons. The highest BCUT2D eigenvalue weighted by Crippen LogP contribution is 2.19. The second-order valence-corrected chi connectivity index (χ2v) is 4.41. The summed E-state index contributed by atoms with van der Waals surface area (Å²) in [7, 11) is 0. The summed E-state index contributed by atoms with van der Waals surface area (Å²) in [6.45, 7) is 5.87. The smallest absolute Gasteiger partial charge is 0.0233 e. The number of likely N-dealkylation sites (tertiary alicyclic amines) is 1. The quantitative estimate of drug-likeness (QED) is 0.728. The monoisotopic (exact) mass is 202 g/mol. The van der Waals surface area contributed by atoms with E-state index in [4.69, 9.17) is 0 Å². The average molecular weight is 202 g/mol. The highest BCUT2D eigenvalue weighted by atomic mass is 15.1. The summed E-state index contributed by atoms with van der Waals surface area (Å²) in [5.74, 6) is 0.808. The van der Waals surface area contributed by atoms with Gasteiger partial charge in [0.25, 0.3) is 0 Å². The van der Waals surface area contributed by atoms with Crippen molar-refractivity contribution in [3.8, 4) is 0 Å². The van der Waals surface area contributed by atoms with E-state index in [0.717, 1.165) is 12.5 Å². The molecule has 1 aliphatic rings. The molecule has 1 unspecified atom stereocenters. The number of piperidine rings is 1. The second-order valence-electron chi connectivity index (χ2n) is 4.41. The molecule has 0 aromatic heterocycles. The zero-order valence-corrected chi connectivity index (χ0v) is 9.52. The van der Waals surface area contributed by atoms with Crippen LogP contribution in [-0.2, 0) is 6.54 Å². The van der Waals surface area contributed by atoms with Gasteiger partial charge < -0.3 is 0 Å². The SMILES string of the molecule is CCC1[CH]CCN(Cc2ccccc2)C1. The topological polar surface area (TPSA) is 3.24 Å². The molecule has 15 heavy (non-hydrogen) atoms. The molecule has 1 heteroatoms. The van der Waals surface area contributed by atoms with E-state index in [9.17, 15) is 0 Å². The van der Waals surface area contributed by atoms with Crippen LogP contribution in [0.1, 0.15) is 25.3 Å². The molecule has 1 aromatic rings. The van der Waals surface area contributed by atoms with Crippen LogP contribution in [0.15, 0.2) is 30.3 Å². The largest absolute Gasteiger partial charge is 0.299 e. The van der Waals surface area contributed by atoms with Crippen molar-refractivity contribution >= 4 is 0 Å². The van der Waals surface area contributed by atoms with E-state index in [1.165, 1.54) is 31.5 Å². The van der Waals surface area contributed by atoms with Gasteiger partial charge in [-0.1, -0.05) is 43.7 Å². The van der Waals surface area contributed by atoms with Crippen LogP contribution in [0.4, 0.5) is 0 Å². The number of hydrogen-bond donors (Lipinski definition) is 0. The molecule has 0 aliphatic carbocycles. The molecular formula is C14H20N. The highest BCUT2D eigenvalue weighted by Gasteiger charge is 2.18. The maximum Gasteiger partial charge on any atom is 0.0233 e. The van der Waals surface area contributed by atoms with Gasteiger partial charge in [-0.15, -0.1) is 0 Å². The molecule has 0 N–H and O–H groups in total. The Morgan fingerprint density at radius 3 is 2.80 bits per heavy atom. The van der Waals surface area contributed by atoms with Gasteiger partial charge in [0.15, 0.2) is 0 Å². The second kappa shape index (κ2) is 5.32. The van der Waals surface area contributed by atoms with Crippen LogP contribution in [0.3, 0.4) is 0 Å². The van der Waals surface area contributed by atoms with Crippen LogP contribution in [0.2, 0.25) is 0 Å². The van der Waals surface area contributed by atoms with Crippen molar-refractivity contribution in [1.82, 2.24) is 4.90 Å². The summed E-state index contributed by atoms with van der Waals surface area (Å²) >= 11 is 0. The van der Waals surface area contributed by atoms with E-state index in [1.807, 2.05) is 0 Å². The Balaban J connectivity index is 1.89. The fraction of sp³-hybridized carbons (Fsp3) is 0.500. The van der Waals surface area contributed by atoms with E-state index in [-0.39, 0.29) is 0 Å². The molecule has 2 rings (SSSR count). The van der Waals surface area contributed by atoms with Crippen LogP contribution in [0.5, 0.6) is 0 Å². The normalized spacial score (nSPS) is 22.9. The van der Waals surface area contributed by atoms with Crippen molar-refractivity contribution in [2.24, 2.45) is 5.92 Å². The summed E-state index contributed by atoms with van der Waals surface area (Å²) in [6.07, 6.45) is 5.03. The molecule has 0 saturated carbocycles. The lowest BCUT2D eigenvalue weighted by molar-refractivity contribution is 0.200. The highest BCUT2D eigenvalue weighted by molar-refractivity contribution is 5.14.